The van der Waals surface area contributed by atoms with Crippen molar-refractivity contribution < 1.29 is 14.3 Å². The zero-order valence-corrected chi connectivity index (χ0v) is 19.6. The first-order valence-electron chi connectivity index (χ1n) is 11.8. The fraction of sp³-hybridized carbons (Fsp3) is 0.407. The standard InChI is InChI=1S/C27H33N3O3/c1-4-33-26(31)25(19(3)23-17-28-24-11-6-5-10-22(23)24)29-27(32)30-14-12-20(13-15-30)21-9-7-8-18(2)16-21/h5-11,16-17,19-20,25,28H,4,12-15H2,1-3H3,(H,29,32)/t19-,25+/m0/s1. The summed E-state index contributed by atoms with van der Waals surface area (Å²) < 4.78 is 5.33. The molecule has 0 bridgehead atoms. The summed E-state index contributed by atoms with van der Waals surface area (Å²) in [6, 6.07) is 15.6. The number of piperidine rings is 1. The van der Waals surface area contributed by atoms with E-state index in [-0.39, 0.29) is 18.6 Å². The SMILES string of the molecule is CCOC(=O)[C@H](NC(=O)N1CCC(c2cccc(C)c2)CC1)[C@@H](C)c1c[nH]c2ccccc12. The Kier molecular flexibility index (Phi) is 7.02. The highest BCUT2D eigenvalue weighted by molar-refractivity contribution is 5.88. The van der Waals surface area contributed by atoms with Crippen molar-refractivity contribution in [1.82, 2.24) is 15.2 Å². The van der Waals surface area contributed by atoms with Gasteiger partial charge in [-0.2, -0.15) is 0 Å². The van der Waals surface area contributed by atoms with Crippen LogP contribution in [0.4, 0.5) is 4.79 Å². The van der Waals surface area contributed by atoms with Crippen LogP contribution in [0.1, 0.15) is 55.2 Å². The number of nitrogens with zero attached hydrogens (tertiary/aromatic N) is 1. The number of likely N-dealkylation sites (tertiary alicyclic amines) is 1. The summed E-state index contributed by atoms with van der Waals surface area (Å²) in [5.41, 5.74) is 4.59. The van der Waals surface area contributed by atoms with Gasteiger partial charge in [-0.1, -0.05) is 55.0 Å². The van der Waals surface area contributed by atoms with Gasteiger partial charge in [-0.3, -0.25) is 0 Å². The lowest BCUT2D eigenvalue weighted by Gasteiger charge is -2.34. The third-order valence-corrected chi connectivity index (χ3v) is 6.73. The van der Waals surface area contributed by atoms with Gasteiger partial charge in [-0.25, -0.2) is 9.59 Å². The molecule has 0 radical (unpaired) electrons. The number of para-hydroxylation sites is 1. The molecule has 1 saturated heterocycles. The van der Waals surface area contributed by atoms with Crippen LogP contribution in [-0.2, 0) is 9.53 Å². The lowest BCUT2D eigenvalue weighted by atomic mass is 9.89. The molecule has 2 atom stereocenters. The molecular formula is C27H33N3O3. The molecule has 2 N–H and O–H groups in total. The summed E-state index contributed by atoms with van der Waals surface area (Å²) in [7, 11) is 0. The highest BCUT2D eigenvalue weighted by Gasteiger charge is 2.33. The molecule has 2 aromatic carbocycles. The smallest absolute Gasteiger partial charge is 0.329 e. The molecule has 0 aliphatic carbocycles. The second-order valence-corrected chi connectivity index (χ2v) is 8.93. The molecule has 4 rings (SSSR count). The second-order valence-electron chi connectivity index (χ2n) is 8.93. The summed E-state index contributed by atoms with van der Waals surface area (Å²) >= 11 is 0. The summed E-state index contributed by atoms with van der Waals surface area (Å²) in [6.45, 7) is 7.46. The van der Waals surface area contributed by atoms with Gasteiger partial charge in [0.15, 0.2) is 0 Å². The maximum Gasteiger partial charge on any atom is 0.329 e. The summed E-state index contributed by atoms with van der Waals surface area (Å²) in [5.74, 6) is -0.188. The van der Waals surface area contributed by atoms with Crippen LogP contribution in [0.3, 0.4) is 0 Å². The maximum absolute atomic E-state index is 13.2. The number of aryl methyl sites for hydroxylation is 1. The van der Waals surface area contributed by atoms with Gasteiger partial charge in [0.25, 0.3) is 0 Å². The topological polar surface area (TPSA) is 74.4 Å². The molecule has 0 spiro atoms. The number of H-pyrrole nitrogens is 1. The summed E-state index contributed by atoms with van der Waals surface area (Å²) in [4.78, 5) is 31.1. The molecule has 33 heavy (non-hydrogen) atoms. The van der Waals surface area contributed by atoms with Crippen LogP contribution in [0.2, 0.25) is 0 Å². The number of benzene rings is 2. The molecule has 2 amide bonds. The van der Waals surface area contributed by atoms with E-state index in [0.717, 1.165) is 29.3 Å². The number of rotatable bonds is 6. The Morgan fingerprint density at radius 1 is 1.15 bits per heavy atom. The summed E-state index contributed by atoms with van der Waals surface area (Å²) in [5, 5.41) is 4.03. The van der Waals surface area contributed by atoms with Gasteiger partial charge >= 0.3 is 12.0 Å². The number of ether oxygens (including phenoxy) is 1. The largest absolute Gasteiger partial charge is 0.464 e. The van der Waals surface area contributed by atoms with Crippen molar-refractivity contribution in [2.24, 2.45) is 0 Å². The van der Waals surface area contributed by atoms with E-state index >= 15 is 0 Å². The van der Waals surface area contributed by atoms with E-state index in [4.69, 9.17) is 4.74 Å². The van der Waals surface area contributed by atoms with Crippen molar-refractivity contribution in [3.05, 3.63) is 71.4 Å². The van der Waals surface area contributed by atoms with Crippen molar-refractivity contribution in [3.63, 3.8) is 0 Å². The molecule has 2 heterocycles. The number of urea groups is 1. The second kappa shape index (κ2) is 10.1. The number of esters is 1. The average Bonchev–Trinajstić information content (AvgIpc) is 3.26. The zero-order valence-electron chi connectivity index (χ0n) is 19.6. The van der Waals surface area contributed by atoms with Crippen LogP contribution in [0.15, 0.2) is 54.7 Å². The Bertz CT molecular complexity index is 1110. The van der Waals surface area contributed by atoms with E-state index in [1.165, 1.54) is 11.1 Å². The Labute approximate surface area is 195 Å². The van der Waals surface area contributed by atoms with Gasteiger partial charge in [0.1, 0.15) is 6.04 Å². The molecule has 0 unspecified atom stereocenters. The number of aromatic nitrogens is 1. The molecule has 6 heteroatoms. The van der Waals surface area contributed by atoms with E-state index in [2.05, 4.69) is 41.5 Å². The Morgan fingerprint density at radius 3 is 2.64 bits per heavy atom. The van der Waals surface area contributed by atoms with Crippen molar-refractivity contribution >= 4 is 22.9 Å². The number of carbonyl (C=O) groups excluding carboxylic acids is 2. The number of hydrogen-bond donors (Lipinski definition) is 2. The molecule has 6 nitrogen and oxygen atoms in total. The molecule has 0 saturated carbocycles. The van der Waals surface area contributed by atoms with E-state index in [1.807, 2.05) is 42.3 Å². The van der Waals surface area contributed by atoms with Crippen LogP contribution >= 0.6 is 0 Å². The predicted octanol–water partition coefficient (Wildman–Crippen LogP) is 5.10. The normalized spacial score (nSPS) is 16.4. The number of amides is 2. The Balaban J connectivity index is 1.45. The van der Waals surface area contributed by atoms with Crippen LogP contribution in [0, 0.1) is 6.92 Å². The minimum absolute atomic E-state index is 0.206. The van der Waals surface area contributed by atoms with Gasteiger partial charge in [0.2, 0.25) is 0 Å². The zero-order chi connectivity index (χ0) is 23.4. The van der Waals surface area contributed by atoms with Crippen LogP contribution in [0.25, 0.3) is 10.9 Å². The van der Waals surface area contributed by atoms with Crippen LogP contribution < -0.4 is 5.32 Å². The summed E-state index contributed by atoms with van der Waals surface area (Å²) in [6.07, 6.45) is 3.75. The van der Waals surface area contributed by atoms with Crippen molar-refractivity contribution in [3.8, 4) is 0 Å². The minimum atomic E-state index is -0.758. The fourth-order valence-electron chi connectivity index (χ4n) is 4.83. The minimum Gasteiger partial charge on any atom is -0.464 e. The Hall–Kier alpha value is -3.28. The fourth-order valence-corrected chi connectivity index (χ4v) is 4.83. The number of hydrogen-bond acceptors (Lipinski definition) is 3. The molecule has 1 aliphatic rings. The van der Waals surface area contributed by atoms with E-state index < -0.39 is 12.0 Å². The molecule has 3 aromatic rings. The molecule has 1 aliphatic heterocycles. The first kappa shape index (κ1) is 22.9. The van der Waals surface area contributed by atoms with E-state index in [9.17, 15) is 9.59 Å². The molecule has 174 valence electrons. The van der Waals surface area contributed by atoms with Crippen molar-refractivity contribution in [2.75, 3.05) is 19.7 Å². The van der Waals surface area contributed by atoms with Crippen LogP contribution in [0.5, 0.6) is 0 Å². The molecule has 1 fully saturated rings. The lowest BCUT2D eigenvalue weighted by molar-refractivity contribution is -0.145. The molecular weight excluding hydrogens is 414 g/mol. The average molecular weight is 448 g/mol. The maximum atomic E-state index is 13.2. The lowest BCUT2D eigenvalue weighted by Crippen LogP contribution is -2.52. The van der Waals surface area contributed by atoms with Gasteiger partial charge < -0.3 is 19.9 Å². The third kappa shape index (κ3) is 5.05. The monoisotopic (exact) mass is 447 g/mol. The first-order valence-corrected chi connectivity index (χ1v) is 11.8. The third-order valence-electron chi connectivity index (χ3n) is 6.73. The van der Waals surface area contributed by atoms with E-state index in [0.29, 0.717) is 19.0 Å². The molecule has 1 aromatic heterocycles. The van der Waals surface area contributed by atoms with Crippen molar-refractivity contribution in [1.29, 1.82) is 0 Å². The number of carbonyl (C=O) groups is 2. The van der Waals surface area contributed by atoms with Gasteiger partial charge in [-0.15, -0.1) is 0 Å². The Morgan fingerprint density at radius 2 is 1.91 bits per heavy atom. The highest BCUT2D eigenvalue weighted by atomic mass is 16.5. The van der Waals surface area contributed by atoms with Crippen molar-refractivity contribution in [2.45, 2.75) is 51.5 Å². The van der Waals surface area contributed by atoms with E-state index in [1.54, 1.807) is 6.92 Å². The van der Waals surface area contributed by atoms with Gasteiger partial charge in [-0.05, 0) is 49.8 Å². The number of nitrogens with one attached hydrogen (secondary N) is 2. The van der Waals surface area contributed by atoms with Gasteiger partial charge in [0, 0.05) is 36.1 Å². The first-order chi connectivity index (χ1) is 16.0. The van der Waals surface area contributed by atoms with Crippen LogP contribution in [-0.4, -0.2) is 47.6 Å². The highest BCUT2D eigenvalue weighted by Crippen LogP contribution is 2.30. The van der Waals surface area contributed by atoms with Gasteiger partial charge in [0.05, 0.1) is 6.61 Å². The quantitative estimate of drug-likeness (QED) is 0.516. The predicted molar refractivity (Wildman–Crippen MR) is 130 cm³/mol. The number of aromatic amines is 1. The number of fused-ring (bicyclic) bond motifs is 1.